The van der Waals surface area contributed by atoms with Gasteiger partial charge in [0, 0.05) is 57.5 Å². The van der Waals surface area contributed by atoms with Crippen molar-refractivity contribution in [1.29, 1.82) is 0 Å². The van der Waals surface area contributed by atoms with Crippen LogP contribution in [0.2, 0.25) is 0 Å². The Morgan fingerprint density at radius 1 is 1.23 bits per heavy atom. The Labute approximate surface area is 131 Å². The molecule has 1 N–H and O–H groups in total. The van der Waals surface area contributed by atoms with Crippen LogP contribution in [0.15, 0.2) is 24.4 Å². The molecule has 2 aromatic rings. The van der Waals surface area contributed by atoms with E-state index in [0.717, 1.165) is 31.3 Å². The van der Waals surface area contributed by atoms with Crippen molar-refractivity contribution in [2.75, 3.05) is 39.3 Å². The third-order valence-corrected chi connectivity index (χ3v) is 5.10. The largest absolute Gasteiger partial charge is 0.314 e. The van der Waals surface area contributed by atoms with Crippen molar-refractivity contribution in [3.8, 4) is 0 Å². The van der Waals surface area contributed by atoms with Gasteiger partial charge in [0.25, 0.3) is 0 Å². The molecule has 1 atom stereocenters. The first kappa shape index (κ1) is 14.2. The third-order valence-electron chi connectivity index (χ3n) is 5.10. The van der Waals surface area contributed by atoms with Gasteiger partial charge in [0.05, 0.1) is 11.9 Å². The molecule has 1 unspecified atom stereocenters. The van der Waals surface area contributed by atoms with Gasteiger partial charge in [-0.1, -0.05) is 6.07 Å². The van der Waals surface area contributed by atoms with Gasteiger partial charge in [-0.15, -0.1) is 0 Å². The summed E-state index contributed by atoms with van der Waals surface area (Å²) in [6.45, 7) is 10.2. The first-order valence-electron chi connectivity index (χ1n) is 8.40. The molecule has 0 saturated carbocycles. The zero-order valence-corrected chi connectivity index (χ0v) is 13.3. The van der Waals surface area contributed by atoms with Crippen LogP contribution >= 0.6 is 0 Å². The van der Waals surface area contributed by atoms with E-state index in [1.807, 2.05) is 6.20 Å². The van der Waals surface area contributed by atoms with E-state index < -0.39 is 0 Å². The number of hydrogen-bond acceptors (Lipinski definition) is 4. The summed E-state index contributed by atoms with van der Waals surface area (Å²) in [7, 11) is 0. The first-order valence-corrected chi connectivity index (χ1v) is 8.40. The quantitative estimate of drug-likeness (QED) is 0.921. The van der Waals surface area contributed by atoms with Crippen molar-refractivity contribution in [1.82, 2.24) is 24.5 Å². The molecule has 0 bridgehead atoms. The monoisotopic (exact) mass is 299 g/mol. The second kappa shape index (κ2) is 5.99. The van der Waals surface area contributed by atoms with E-state index in [4.69, 9.17) is 0 Å². The van der Waals surface area contributed by atoms with Crippen LogP contribution in [0.4, 0.5) is 0 Å². The minimum atomic E-state index is 0.738. The fraction of sp³-hybridized carbons (Fsp3) is 0.588. The summed E-state index contributed by atoms with van der Waals surface area (Å²) >= 11 is 0. The Bertz CT molecular complexity index is 644. The van der Waals surface area contributed by atoms with Crippen molar-refractivity contribution in [2.45, 2.75) is 25.9 Å². The molecule has 5 nitrogen and oxygen atoms in total. The molecule has 0 aliphatic carbocycles. The van der Waals surface area contributed by atoms with Crippen LogP contribution in [0.1, 0.15) is 17.8 Å². The number of likely N-dealkylation sites (tertiary alicyclic amines) is 1. The normalized spacial score (nSPS) is 24.3. The summed E-state index contributed by atoms with van der Waals surface area (Å²) in [6.07, 6.45) is 3.34. The van der Waals surface area contributed by atoms with Crippen molar-refractivity contribution >= 4 is 5.65 Å². The van der Waals surface area contributed by atoms with Gasteiger partial charge in [0.1, 0.15) is 5.65 Å². The van der Waals surface area contributed by atoms with Crippen molar-refractivity contribution in [3.63, 3.8) is 0 Å². The molecule has 5 heteroatoms. The number of aryl methyl sites for hydroxylation is 1. The zero-order chi connectivity index (χ0) is 14.9. The molecular formula is C17H25N5. The van der Waals surface area contributed by atoms with Gasteiger partial charge in [0.2, 0.25) is 0 Å². The van der Waals surface area contributed by atoms with Crippen LogP contribution in [-0.2, 0) is 6.54 Å². The van der Waals surface area contributed by atoms with Crippen molar-refractivity contribution in [3.05, 3.63) is 35.8 Å². The molecular weight excluding hydrogens is 274 g/mol. The van der Waals surface area contributed by atoms with E-state index in [-0.39, 0.29) is 0 Å². The van der Waals surface area contributed by atoms with Gasteiger partial charge in [-0.3, -0.25) is 9.80 Å². The van der Waals surface area contributed by atoms with Gasteiger partial charge in [-0.05, 0) is 25.5 Å². The van der Waals surface area contributed by atoms with E-state index in [1.54, 1.807) is 0 Å². The van der Waals surface area contributed by atoms with Crippen LogP contribution in [-0.4, -0.2) is 64.5 Å². The predicted octanol–water partition coefficient (Wildman–Crippen LogP) is 1.12. The van der Waals surface area contributed by atoms with Gasteiger partial charge >= 0.3 is 0 Å². The minimum absolute atomic E-state index is 0.738. The Hall–Kier alpha value is -1.43. The molecule has 2 saturated heterocycles. The third kappa shape index (κ3) is 2.64. The molecule has 0 aromatic carbocycles. The highest BCUT2D eigenvalue weighted by molar-refractivity contribution is 5.42. The van der Waals surface area contributed by atoms with Crippen molar-refractivity contribution in [2.24, 2.45) is 0 Å². The van der Waals surface area contributed by atoms with E-state index in [0.29, 0.717) is 0 Å². The fourth-order valence-corrected chi connectivity index (χ4v) is 3.92. The van der Waals surface area contributed by atoms with Crippen molar-refractivity contribution < 1.29 is 0 Å². The Morgan fingerprint density at radius 3 is 2.95 bits per heavy atom. The lowest BCUT2D eigenvalue weighted by atomic mass is 10.2. The molecule has 22 heavy (non-hydrogen) atoms. The lowest BCUT2D eigenvalue weighted by molar-refractivity contribution is 0.170. The van der Waals surface area contributed by atoms with Crippen LogP contribution in [0.5, 0.6) is 0 Å². The summed E-state index contributed by atoms with van der Waals surface area (Å²) < 4.78 is 2.29. The summed E-state index contributed by atoms with van der Waals surface area (Å²) in [5, 5.41) is 3.45. The Balaban J connectivity index is 1.45. The van der Waals surface area contributed by atoms with Gasteiger partial charge in [-0.2, -0.15) is 0 Å². The van der Waals surface area contributed by atoms with E-state index in [2.05, 4.69) is 49.6 Å². The highest BCUT2D eigenvalue weighted by atomic mass is 15.3. The smallest absolute Gasteiger partial charge is 0.137 e. The summed E-state index contributed by atoms with van der Waals surface area (Å²) in [5.41, 5.74) is 3.64. The number of nitrogens with zero attached hydrogens (tertiary/aromatic N) is 4. The average molecular weight is 299 g/mol. The highest BCUT2D eigenvalue weighted by Gasteiger charge is 2.28. The molecule has 0 spiro atoms. The number of pyridine rings is 1. The van der Waals surface area contributed by atoms with E-state index in [9.17, 15) is 0 Å². The summed E-state index contributed by atoms with van der Waals surface area (Å²) in [5.74, 6) is 0. The maximum absolute atomic E-state index is 4.55. The average Bonchev–Trinajstić information content (AvgIpc) is 3.17. The number of imidazole rings is 1. The van der Waals surface area contributed by atoms with E-state index >= 15 is 0 Å². The Morgan fingerprint density at radius 2 is 2.09 bits per heavy atom. The minimum Gasteiger partial charge on any atom is -0.314 e. The van der Waals surface area contributed by atoms with Crippen LogP contribution in [0.25, 0.3) is 5.65 Å². The molecule has 2 aliphatic heterocycles. The molecule has 2 aromatic heterocycles. The van der Waals surface area contributed by atoms with Gasteiger partial charge in [-0.25, -0.2) is 4.98 Å². The molecule has 4 heterocycles. The SMILES string of the molecule is Cc1cccc2ncc(CN3CCC(N4CCNCC4)C3)n12. The molecule has 0 radical (unpaired) electrons. The van der Waals surface area contributed by atoms with Crippen LogP contribution in [0, 0.1) is 6.92 Å². The standard InChI is InChI=1S/C17H25N5/c1-14-3-2-4-17-19-11-16(22(14)17)13-20-8-5-15(12-20)21-9-6-18-7-10-21/h2-4,11,15,18H,5-10,12-13H2,1H3. The predicted molar refractivity (Wildman–Crippen MR) is 88.1 cm³/mol. The number of fused-ring (bicyclic) bond motifs is 1. The number of nitrogens with one attached hydrogen (secondary N) is 1. The van der Waals surface area contributed by atoms with Crippen LogP contribution < -0.4 is 5.32 Å². The topological polar surface area (TPSA) is 35.8 Å². The van der Waals surface area contributed by atoms with Gasteiger partial charge < -0.3 is 9.72 Å². The van der Waals surface area contributed by atoms with Crippen LogP contribution in [0.3, 0.4) is 0 Å². The Kier molecular flexibility index (Phi) is 3.86. The number of hydrogen-bond donors (Lipinski definition) is 1. The number of rotatable bonds is 3. The lowest BCUT2D eigenvalue weighted by Gasteiger charge is -2.32. The summed E-state index contributed by atoms with van der Waals surface area (Å²) in [4.78, 5) is 9.80. The molecule has 2 fully saturated rings. The molecule has 0 amide bonds. The second-order valence-electron chi connectivity index (χ2n) is 6.57. The maximum Gasteiger partial charge on any atom is 0.137 e. The first-order chi connectivity index (χ1) is 10.8. The molecule has 118 valence electrons. The maximum atomic E-state index is 4.55. The number of piperazine rings is 1. The summed E-state index contributed by atoms with van der Waals surface area (Å²) in [6, 6.07) is 7.07. The highest BCUT2D eigenvalue weighted by Crippen LogP contribution is 2.19. The number of aromatic nitrogens is 2. The molecule has 4 rings (SSSR count). The zero-order valence-electron chi connectivity index (χ0n) is 13.3. The lowest BCUT2D eigenvalue weighted by Crippen LogP contribution is -2.49. The molecule has 2 aliphatic rings. The van der Waals surface area contributed by atoms with E-state index in [1.165, 1.54) is 44.0 Å². The fourth-order valence-electron chi connectivity index (χ4n) is 3.92. The second-order valence-corrected chi connectivity index (χ2v) is 6.57. The van der Waals surface area contributed by atoms with Gasteiger partial charge in [0.15, 0.2) is 0 Å².